The molecule has 1 aliphatic carbocycles. The van der Waals surface area contributed by atoms with E-state index in [1.807, 2.05) is 0 Å². The quantitative estimate of drug-likeness (QED) is 0.604. The Morgan fingerprint density at radius 3 is 2.62 bits per heavy atom. The molecule has 2 atom stereocenters. The smallest absolute Gasteiger partial charge is 0.478 e. The van der Waals surface area contributed by atoms with Gasteiger partial charge < -0.3 is 15.6 Å². The second kappa shape index (κ2) is 6.51. The summed E-state index contributed by atoms with van der Waals surface area (Å²) in [6.07, 6.45) is 2.23. The Hall–Kier alpha value is -2.18. The predicted molar refractivity (Wildman–Crippen MR) is 70.7 cm³/mol. The Morgan fingerprint density at radius 2 is 2.14 bits per heavy atom. The molecule has 4 nitrogen and oxygen atoms in total. The number of aliphatic carboxylic acids is 1. The molecule has 0 aromatic heterocycles. The number of halogens is 3. The molecule has 0 saturated carbocycles. The van der Waals surface area contributed by atoms with E-state index in [0.717, 1.165) is 0 Å². The highest BCUT2D eigenvalue weighted by Gasteiger charge is 2.33. The summed E-state index contributed by atoms with van der Waals surface area (Å²) in [6.45, 7) is 3.27. The van der Waals surface area contributed by atoms with Gasteiger partial charge in [0.05, 0.1) is 5.57 Å². The first-order valence-electron chi connectivity index (χ1n) is 6.17. The highest BCUT2D eigenvalue weighted by molar-refractivity contribution is 5.91. The maximum Gasteiger partial charge on any atom is 0.573 e. The number of carboxylic acid groups (broad SMARTS) is 1. The van der Waals surface area contributed by atoms with Gasteiger partial charge in [-0.15, -0.1) is 13.2 Å². The Labute approximate surface area is 120 Å². The molecule has 1 unspecified atom stereocenters. The van der Waals surface area contributed by atoms with E-state index in [1.54, 1.807) is 19.9 Å². The fraction of sp³-hybridized carbons (Fsp3) is 0.357. The SMILES string of the molecule is C/C=C(C(=O)O)\C(N)=C/[C@@H](C)C1C=CC(OC(F)(F)F)=C1. The fourth-order valence-electron chi connectivity index (χ4n) is 1.93. The molecule has 0 fully saturated rings. The van der Waals surface area contributed by atoms with Crippen LogP contribution >= 0.6 is 0 Å². The van der Waals surface area contributed by atoms with Crippen LogP contribution in [0.5, 0.6) is 0 Å². The maximum atomic E-state index is 12.1. The third kappa shape index (κ3) is 5.02. The van der Waals surface area contributed by atoms with E-state index >= 15 is 0 Å². The minimum absolute atomic E-state index is 0.0421. The third-order valence-corrected chi connectivity index (χ3v) is 2.95. The Balaban J connectivity index is 2.80. The average Bonchev–Trinajstić information content (AvgIpc) is 2.75. The van der Waals surface area contributed by atoms with Crippen LogP contribution in [0, 0.1) is 11.8 Å². The number of rotatable bonds is 5. The molecule has 0 bridgehead atoms. The topological polar surface area (TPSA) is 72.5 Å². The molecule has 0 amide bonds. The van der Waals surface area contributed by atoms with Gasteiger partial charge in [-0.25, -0.2) is 4.79 Å². The number of nitrogens with two attached hydrogens (primary N) is 1. The van der Waals surface area contributed by atoms with Crippen LogP contribution in [-0.4, -0.2) is 17.4 Å². The summed E-state index contributed by atoms with van der Waals surface area (Å²) in [7, 11) is 0. The van der Waals surface area contributed by atoms with Gasteiger partial charge in [0, 0.05) is 11.6 Å². The summed E-state index contributed by atoms with van der Waals surface area (Å²) in [5.74, 6) is -2.05. The lowest BCUT2D eigenvalue weighted by molar-refractivity contribution is -0.303. The molecule has 0 aliphatic heterocycles. The Bertz CT molecular complexity index is 530. The van der Waals surface area contributed by atoms with Crippen molar-refractivity contribution >= 4 is 5.97 Å². The Morgan fingerprint density at radius 1 is 1.52 bits per heavy atom. The van der Waals surface area contributed by atoms with E-state index in [0.29, 0.717) is 0 Å². The number of allylic oxidation sites excluding steroid dienone is 5. The van der Waals surface area contributed by atoms with Crippen LogP contribution in [0.4, 0.5) is 13.2 Å². The molecule has 0 aromatic rings. The number of alkyl halides is 3. The average molecular weight is 303 g/mol. The summed E-state index contributed by atoms with van der Waals surface area (Å²) in [4.78, 5) is 10.9. The number of carboxylic acids is 1. The largest absolute Gasteiger partial charge is 0.573 e. The molecule has 0 saturated heterocycles. The number of hydrogen-bond donors (Lipinski definition) is 2. The lowest BCUT2D eigenvalue weighted by Gasteiger charge is -2.13. The first kappa shape index (κ1) is 16.9. The van der Waals surface area contributed by atoms with Crippen LogP contribution in [0.25, 0.3) is 0 Å². The van der Waals surface area contributed by atoms with Crippen LogP contribution in [0.1, 0.15) is 13.8 Å². The van der Waals surface area contributed by atoms with Gasteiger partial charge >= 0.3 is 12.3 Å². The van der Waals surface area contributed by atoms with Crippen LogP contribution < -0.4 is 5.73 Å². The van der Waals surface area contributed by atoms with Gasteiger partial charge in [0.25, 0.3) is 0 Å². The van der Waals surface area contributed by atoms with Crippen molar-refractivity contribution in [1.29, 1.82) is 0 Å². The van der Waals surface area contributed by atoms with Crippen LogP contribution in [-0.2, 0) is 9.53 Å². The molecule has 0 spiro atoms. The summed E-state index contributed by atoms with van der Waals surface area (Å²) in [5.41, 5.74) is 5.72. The van der Waals surface area contributed by atoms with Gasteiger partial charge in [-0.05, 0) is 25.0 Å². The van der Waals surface area contributed by atoms with Crippen molar-refractivity contribution in [3.8, 4) is 0 Å². The first-order chi connectivity index (χ1) is 9.64. The molecule has 3 N–H and O–H groups in total. The van der Waals surface area contributed by atoms with E-state index in [1.165, 1.54) is 24.3 Å². The second-order valence-electron chi connectivity index (χ2n) is 4.54. The molecule has 0 heterocycles. The minimum atomic E-state index is -4.73. The van der Waals surface area contributed by atoms with Gasteiger partial charge in [-0.1, -0.05) is 25.2 Å². The van der Waals surface area contributed by atoms with Gasteiger partial charge in [0.1, 0.15) is 5.76 Å². The van der Waals surface area contributed by atoms with Crippen molar-refractivity contribution in [2.75, 3.05) is 0 Å². The third-order valence-electron chi connectivity index (χ3n) is 2.95. The van der Waals surface area contributed by atoms with Gasteiger partial charge in [0.2, 0.25) is 0 Å². The van der Waals surface area contributed by atoms with Gasteiger partial charge in [-0.2, -0.15) is 0 Å². The molecule has 0 aromatic carbocycles. The molecular weight excluding hydrogens is 287 g/mol. The zero-order valence-corrected chi connectivity index (χ0v) is 11.5. The molecule has 116 valence electrons. The van der Waals surface area contributed by atoms with Crippen LogP contribution in [0.3, 0.4) is 0 Å². The standard InChI is InChI=1S/C14H16F3NO3/c1-3-11(13(19)20)12(18)6-8(2)9-4-5-10(7-9)21-14(15,16)17/h3-9H,18H2,1-2H3,(H,19,20)/b11-3+,12-6+/t8-,9?/m1/s1. The molecule has 0 radical (unpaired) electrons. The van der Waals surface area contributed by atoms with E-state index in [4.69, 9.17) is 10.8 Å². The second-order valence-corrected chi connectivity index (χ2v) is 4.54. The summed E-state index contributed by atoms with van der Waals surface area (Å²) in [5, 5.41) is 8.93. The minimum Gasteiger partial charge on any atom is -0.478 e. The lowest BCUT2D eigenvalue weighted by atomic mass is 9.93. The summed E-state index contributed by atoms with van der Waals surface area (Å²) >= 11 is 0. The highest BCUT2D eigenvalue weighted by Crippen LogP contribution is 2.30. The van der Waals surface area contributed by atoms with Crippen molar-refractivity contribution in [3.05, 3.63) is 47.4 Å². The highest BCUT2D eigenvalue weighted by atomic mass is 19.4. The van der Waals surface area contributed by atoms with Crippen LogP contribution in [0.2, 0.25) is 0 Å². The zero-order chi connectivity index (χ0) is 16.2. The number of ether oxygens (including phenoxy) is 1. The normalized spacial score (nSPS) is 21.2. The fourth-order valence-corrected chi connectivity index (χ4v) is 1.93. The lowest BCUT2D eigenvalue weighted by Crippen LogP contribution is -2.14. The molecule has 7 heteroatoms. The molecule has 1 rings (SSSR count). The Kier molecular flexibility index (Phi) is 5.23. The van der Waals surface area contributed by atoms with E-state index in [2.05, 4.69) is 4.74 Å². The van der Waals surface area contributed by atoms with Crippen molar-refractivity contribution in [2.24, 2.45) is 17.6 Å². The van der Waals surface area contributed by atoms with Crippen LogP contribution in [0.15, 0.2) is 47.4 Å². The van der Waals surface area contributed by atoms with Crippen molar-refractivity contribution in [3.63, 3.8) is 0 Å². The van der Waals surface area contributed by atoms with Gasteiger partial charge in [-0.3, -0.25) is 0 Å². The van der Waals surface area contributed by atoms with Crippen molar-refractivity contribution in [2.45, 2.75) is 20.2 Å². The molecule has 21 heavy (non-hydrogen) atoms. The van der Waals surface area contributed by atoms with Gasteiger partial charge in [0.15, 0.2) is 0 Å². The monoisotopic (exact) mass is 303 g/mol. The maximum absolute atomic E-state index is 12.1. The van der Waals surface area contributed by atoms with Crippen molar-refractivity contribution < 1.29 is 27.8 Å². The van der Waals surface area contributed by atoms with E-state index in [-0.39, 0.29) is 28.9 Å². The zero-order valence-electron chi connectivity index (χ0n) is 11.5. The summed E-state index contributed by atoms with van der Waals surface area (Å²) < 4.78 is 40.1. The van der Waals surface area contributed by atoms with Crippen molar-refractivity contribution in [1.82, 2.24) is 0 Å². The molecule has 1 aliphatic rings. The van der Waals surface area contributed by atoms with E-state index < -0.39 is 12.3 Å². The number of carbonyl (C=O) groups is 1. The van der Waals surface area contributed by atoms with E-state index in [9.17, 15) is 18.0 Å². The molecular formula is C14H16F3NO3. The summed E-state index contributed by atoms with van der Waals surface area (Å²) in [6, 6.07) is 0. The first-order valence-corrected chi connectivity index (χ1v) is 6.17. The predicted octanol–water partition coefficient (Wildman–Crippen LogP) is 3.10. The number of hydrogen-bond acceptors (Lipinski definition) is 3.